The first kappa shape index (κ1) is 22.5. The van der Waals surface area contributed by atoms with Crippen LogP contribution in [0.4, 0.5) is 0 Å². The molecule has 0 aromatic heterocycles. The highest BCUT2D eigenvalue weighted by Crippen LogP contribution is 2.33. The van der Waals surface area contributed by atoms with Crippen molar-refractivity contribution in [2.75, 3.05) is 6.54 Å². The van der Waals surface area contributed by atoms with Gasteiger partial charge in [0.2, 0.25) is 5.60 Å². The lowest BCUT2D eigenvalue weighted by molar-refractivity contribution is -0.155. The van der Waals surface area contributed by atoms with Crippen molar-refractivity contribution >= 4 is 5.97 Å². The van der Waals surface area contributed by atoms with Gasteiger partial charge in [0.1, 0.15) is 0 Å². The number of piperidine rings is 2. The number of carboxylic acids is 1. The van der Waals surface area contributed by atoms with Crippen LogP contribution in [0.3, 0.4) is 0 Å². The number of nitrogens with zero attached hydrogens (tertiary/aromatic N) is 1. The summed E-state index contributed by atoms with van der Waals surface area (Å²) in [7, 11) is 0. The Morgan fingerprint density at radius 3 is 1.67 bits per heavy atom. The van der Waals surface area contributed by atoms with Crippen molar-refractivity contribution in [2.24, 2.45) is 0 Å². The van der Waals surface area contributed by atoms with Gasteiger partial charge in [-0.2, -0.15) is 0 Å². The molecule has 5 nitrogen and oxygen atoms in total. The fourth-order valence-electron chi connectivity index (χ4n) is 4.80. The maximum atomic E-state index is 11.4. The Morgan fingerprint density at radius 2 is 1.33 bits per heavy atom. The highest BCUT2D eigenvalue weighted by molar-refractivity contribution is 5.83. The van der Waals surface area contributed by atoms with Gasteiger partial charge in [0.25, 0.3) is 0 Å². The largest absolute Gasteiger partial charge is 0.479 e. The molecule has 3 N–H and O–H groups in total. The molecule has 162 valence electrons. The van der Waals surface area contributed by atoms with Crippen molar-refractivity contribution < 1.29 is 20.1 Å². The van der Waals surface area contributed by atoms with Crippen LogP contribution < -0.4 is 0 Å². The van der Waals surface area contributed by atoms with E-state index < -0.39 is 11.6 Å². The number of aliphatic hydroxyl groups is 2. The second kappa shape index (κ2) is 10.2. The Bertz CT molecular complexity index is 732. The van der Waals surface area contributed by atoms with E-state index in [-0.39, 0.29) is 6.10 Å². The average molecular weight is 412 g/mol. The van der Waals surface area contributed by atoms with Crippen LogP contribution in [0.1, 0.15) is 56.6 Å². The third-order valence-corrected chi connectivity index (χ3v) is 6.26. The molecule has 5 heteroatoms. The molecule has 2 fully saturated rings. The van der Waals surface area contributed by atoms with Gasteiger partial charge in [0, 0.05) is 18.6 Å². The van der Waals surface area contributed by atoms with Gasteiger partial charge in [0.15, 0.2) is 0 Å². The third kappa shape index (κ3) is 5.09. The Kier molecular flexibility index (Phi) is 7.64. The molecule has 0 aliphatic carbocycles. The van der Waals surface area contributed by atoms with E-state index >= 15 is 0 Å². The van der Waals surface area contributed by atoms with Crippen molar-refractivity contribution in [1.29, 1.82) is 0 Å². The summed E-state index contributed by atoms with van der Waals surface area (Å²) in [4.78, 5) is 13.9. The molecule has 2 aromatic carbocycles. The van der Waals surface area contributed by atoms with Gasteiger partial charge in [-0.3, -0.25) is 4.90 Å². The normalized spacial score (nSPS) is 22.5. The van der Waals surface area contributed by atoms with Gasteiger partial charge in [-0.1, -0.05) is 73.5 Å². The lowest BCUT2D eigenvalue weighted by Gasteiger charge is -2.46. The lowest BCUT2D eigenvalue weighted by atomic mass is 9.84. The second-order valence-corrected chi connectivity index (χ2v) is 8.46. The number of rotatable bonds is 5. The van der Waals surface area contributed by atoms with Crippen LogP contribution in [-0.2, 0) is 10.4 Å². The summed E-state index contributed by atoms with van der Waals surface area (Å²) in [5, 5.41) is 29.1. The van der Waals surface area contributed by atoms with Crippen LogP contribution >= 0.6 is 0 Å². The summed E-state index contributed by atoms with van der Waals surface area (Å²) in [6.45, 7) is 2.81. The molecule has 2 aliphatic rings. The predicted octanol–water partition coefficient (Wildman–Crippen LogP) is 3.78. The van der Waals surface area contributed by atoms with Crippen LogP contribution in [-0.4, -0.2) is 50.9 Å². The standard InChI is InChI=1S/C14H12O3.C11H21NO/c15-13(16)14(17,11-7-3-1-4-8-11)12-9-5-2-6-10-12;1-9(13)8-12-10-4-2-5-11(12)7-3-6-10/h1-10,17H,(H,15,16);9-11,13H,2-8H2,1H3. The average Bonchev–Trinajstić information content (AvgIpc) is 2.74. The molecular weight excluding hydrogens is 378 g/mol. The Balaban J connectivity index is 0.000000177. The van der Waals surface area contributed by atoms with E-state index in [4.69, 9.17) is 0 Å². The zero-order valence-corrected chi connectivity index (χ0v) is 17.7. The van der Waals surface area contributed by atoms with Crippen molar-refractivity contribution in [2.45, 2.75) is 69.2 Å². The van der Waals surface area contributed by atoms with E-state index in [2.05, 4.69) is 4.90 Å². The number of aliphatic hydroxyl groups excluding tert-OH is 1. The molecule has 0 amide bonds. The Labute approximate surface area is 179 Å². The molecule has 2 saturated heterocycles. The SMILES string of the molecule is CC(O)CN1C2CCCC1CCC2.O=C(O)C(O)(c1ccccc1)c1ccccc1. The summed E-state index contributed by atoms with van der Waals surface area (Å²) in [6, 6.07) is 18.3. The van der Waals surface area contributed by atoms with E-state index in [1.54, 1.807) is 60.7 Å². The zero-order valence-electron chi connectivity index (χ0n) is 17.7. The molecule has 30 heavy (non-hydrogen) atoms. The smallest absolute Gasteiger partial charge is 0.345 e. The monoisotopic (exact) mass is 411 g/mol. The van der Waals surface area contributed by atoms with E-state index in [0.29, 0.717) is 11.1 Å². The van der Waals surface area contributed by atoms with Crippen LogP contribution in [0.25, 0.3) is 0 Å². The van der Waals surface area contributed by atoms with Gasteiger partial charge >= 0.3 is 5.97 Å². The summed E-state index contributed by atoms with van der Waals surface area (Å²) in [5.41, 5.74) is -1.31. The van der Waals surface area contributed by atoms with Crippen LogP contribution in [0.5, 0.6) is 0 Å². The highest BCUT2D eigenvalue weighted by atomic mass is 16.4. The summed E-state index contributed by atoms with van der Waals surface area (Å²) >= 11 is 0. The zero-order chi connectivity index (χ0) is 21.6. The first-order chi connectivity index (χ1) is 14.4. The highest BCUT2D eigenvalue weighted by Gasteiger charge is 2.39. The molecule has 0 saturated carbocycles. The lowest BCUT2D eigenvalue weighted by Crippen LogP contribution is -2.51. The van der Waals surface area contributed by atoms with E-state index in [0.717, 1.165) is 18.6 Å². The molecular formula is C25H33NO4. The van der Waals surface area contributed by atoms with Gasteiger partial charge in [0.05, 0.1) is 6.10 Å². The molecule has 2 aliphatic heterocycles. The Morgan fingerprint density at radius 1 is 0.933 bits per heavy atom. The minimum absolute atomic E-state index is 0.152. The maximum Gasteiger partial charge on any atom is 0.345 e. The molecule has 1 atom stereocenters. The Hall–Kier alpha value is -2.21. The minimum Gasteiger partial charge on any atom is -0.479 e. The van der Waals surface area contributed by atoms with Gasteiger partial charge in [-0.25, -0.2) is 4.79 Å². The summed E-state index contributed by atoms with van der Waals surface area (Å²) < 4.78 is 0. The van der Waals surface area contributed by atoms with Crippen molar-refractivity contribution in [3.05, 3.63) is 71.8 Å². The number of carbonyl (C=O) groups is 1. The van der Waals surface area contributed by atoms with Crippen LogP contribution in [0.15, 0.2) is 60.7 Å². The number of benzene rings is 2. The number of hydrogen-bond donors (Lipinski definition) is 3. The number of aliphatic carboxylic acids is 1. The molecule has 0 spiro atoms. The van der Waals surface area contributed by atoms with Crippen LogP contribution in [0.2, 0.25) is 0 Å². The summed E-state index contributed by atoms with van der Waals surface area (Å²) in [6.07, 6.45) is 8.12. The molecule has 2 heterocycles. The molecule has 1 unspecified atom stereocenters. The topological polar surface area (TPSA) is 81.0 Å². The molecule has 2 bridgehead atoms. The number of fused-ring (bicyclic) bond motifs is 2. The van der Waals surface area contributed by atoms with Crippen molar-refractivity contribution in [3.63, 3.8) is 0 Å². The van der Waals surface area contributed by atoms with E-state index in [9.17, 15) is 20.1 Å². The van der Waals surface area contributed by atoms with Gasteiger partial charge < -0.3 is 15.3 Å². The fourth-order valence-corrected chi connectivity index (χ4v) is 4.80. The van der Waals surface area contributed by atoms with E-state index in [1.807, 2.05) is 6.92 Å². The quantitative estimate of drug-likeness (QED) is 0.698. The molecule has 4 rings (SSSR count). The third-order valence-electron chi connectivity index (χ3n) is 6.26. The fraction of sp³-hybridized carbons (Fsp3) is 0.480. The van der Waals surface area contributed by atoms with Gasteiger partial charge in [-0.15, -0.1) is 0 Å². The van der Waals surface area contributed by atoms with E-state index in [1.165, 1.54) is 38.5 Å². The van der Waals surface area contributed by atoms with Crippen molar-refractivity contribution in [1.82, 2.24) is 4.90 Å². The summed E-state index contributed by atoms with van der Waals surface area (Å²) in [5.74, 6) is -1.28. The first-order valence-electron chi connectivity index (χ1n) is 10.9. The maximum absolute atomic E-state index is 11.4. The minimum atomic E-state index is -2.00. The predicted molar refractivity (Wildman–Crippen MR) is 117 cm³/mol. The second-order valence-electron chi connectivity index (χ2n) is 8.46. The number of hydrogen-bond acceptors (Lipinski definition) is 4. The first-order valence-corrected chi connectivity index (χ1v) is 10.9. The van der Waals surface area contributed by atoms with Crippen molar-refractivity contribution in [3.8, 4) is 0 Å². The molecule has 2 aromatic rings. The number of carboxylic acid groups (broad SMARTS) is 1. The van der Waals surface area contributed by atoms with Gasteiger partial charge in [-0.05, 0) is 43.7 Å². The molecule has 0 radical (unpaired) electrons. The van der Waals surface area contributed by atoms with Crippen LogP contribution in [0, 0.1) is 0 Å².